The van der Waals surface area contributed by atoms with Gasteiger partial charge in [-0.25, -0.2) is 4.98 Å². The predicted octanol–water partition coefficient (Wildman–Crippen LogP) is 14.6. The molecule has 5 nitrogen and oxygen atoms in total. The first-order valence-electron chi connectivity index (χ1n) is 22.0. The third-order valence-corrected chi connectivity index (χ3v) is 13.5. The number of pyridine rings is 1. The molecule has 13 rings (SSSR count). The number of nitrogens with zero attached hydrogens (tertiary/aromatic N) is 4. The molecule has 1 aliphatic carbocycles. The van der Waals surface area contributed by atoms with Gasteiger partial charge in [0.25, 0.3) is 0 Å². The zero-order valence-electron chi connectivity index (χ0n) is 36.0. The van der Waals surface area contributed by atoms with E-state index in [4.69, 9.17) is 9.72 Å². The Labute approximate surface area is 393 Å². The van der Waals surface area contributed by atoms with Crippen LogP contribution in [-0.2, 0) is 31.9 Å². The summed E-state index contributed by atoms with van der Waals surface area (Å²) in [4.78, 5) is 9.56. The second-order valence-corrected chi connectivity index (χ2v) is 18.0. The Kier molecular flexibility index (Phi) is 8.89. The summed E-state index contributed by atoms with van der Waals surface area (Å²) in [7, 11) is 0. The number of para-hydroxylation sites is 3. The maximum atomic E-state index is 6.72. The Morgan fingerprint density at radius 2 is 1.20 bits per heavy atom. The molecule has 316 valence electrons. The number of fused-ring (bicyclic) bond motifs is 12. The van der Waals surface area contributed by atoms with Crippen molar-refractivity contribution in [2.75, 3.05) is 9.80 Å². The normalized spacial score (nSPS) is 14.0. The fourth-order valence-electron chi connectivity index (χ4n) is 10.7. The summed E-state index contributed by atoms with van der Waals surface area (Å²) in [5, 5.41) is 2.23. The zero-order chi connectivity index (χ0) is 42.7. The fraction of sp³-hybridized carbons (Fsp3) is 0.0847. The first-order valence-corrected chi connectivity index (χ1v) is 22.0. The summed E-state index contributed by atoms with van der Waals surface area (Å²) < 4.78 is 8.92. The van der Waals surface area contributed by atoms with Crippen LogP contribution in [0.1, 0.15) is 48.6 Å². The number of benzene rings is 8. The summed E-state index contributed by atoms with van der Waals surface area (Å²) >= 11 is 0. The molecule has 10 aromatic rings. The van der Waals surface area contributed by atoms with Crippen molar-refractivity contribution in [3.05, 3.63) is 235 Å². The van der Waals surface area contributed by atoms with Gasteiger partial charge in [0.1, 0.15) is 5.82 Å². The van der Waals surface area contributed by atoms with E-state index in [1.165, 1.54) is 61.4 Å². The number of hydrogen-bond donors (Lipinski definition) is 0. The molecule has 0 atom stereocenters. The maximum absolute atomic E-state index is 6.72. The summed E-state index contributed by atoms with van der Waals surface area (Å²) in [5.41, 5.74) is 17.0. The van der Waals surface area contributed by atoms with Crippen LogP contribution in [0.5, 0.6) is 11.5 Å². The van der Waals surface area contributed by atoms with Crippen molar-refractivity contribution < 1.29 is 25.8 Å². The molecule has 0 amide bonds. The van der Waals surface area contributed by atoms with Gasteiger partial charge in [0.2, 0.25) is 0 Å². The maximum Gasteiger partial charge on any atom is 0.135 e. The molecule has 0 fully saturated rings. The fourth-order valence-corrected chi connectivity index (χ4v) is 10.7. The van der Waals surface area contributed by atoms with Gasteiger partial charge in [-0.1, -0.05) is 154 Å². The van der Waals surface area contributed by atoms with E-state index >= 15 is 0 Å². The molecule has 0 saturated carbocycles. The molecule has 6 heteroatoms. The smallest absolute Gasteiger partial charge is 0.135 e. The minimum atomic E-state index is -0.534. The Morgan fingerprint density at radius 3 is 1.98 bits per heavy atom. The van der Waals surface area contributed by atoms with Gasteiger partial charge < -0.3 is 19.1 Å². The second kappa shape index (κ2) is 14.7. The summed E-state index contributed by atoms with van der Waals surface area (Å²) in [6.07, 6.45) is 1.91. The van der Waals surface area contributed by atoms with E-state index in [-0.39, 0.29) is 26.5 Å². The van der Waals surface area contributed by atoms with Crippen molar-refractivity contribution in [1.29, 1.82) is 0 Å². The summed E-state index contributed by atoms with van der Waals surface area (Å²) in [5.74, 6) is 2.06. The third-order valence-electron chi connectivity index (χ3n) is 13.5. The molecular weight excluding hydrogens is 976 g/mol. The van der Waals surface area contributed by atoms with E-state index in [1.807, 2.05) is 24.4 Å². The first-order chi connectivity index (χ1) is 31.4. The predicted molar refractivity (Wildman–Crippen MR) is 259 cm³/mol. The van der Waals surface area contributed by atoms with Crippen LogP contribution in [-0.4, -0.2) is 9.55 Å². The van der Waals surface area contributed by atoms with Gasteiger partial charge in [0, 0.05) is 66.9 Å². The largest absolute Gasteiger partial charge is 0.509 e. The second-order valence-electron chi connectivity index (χ2n) is 18.0. The standard InChI is InChI=1S/C59H41N4O.Pt/c1-58(2,3)39-32-33-60-55(34-39)63-52-28-12-9-22-46(52)47-31-30-42(36-54(47)63)64-41-19-13-18-40(35-41)61-37-62-56-43(38-16-5-4-6-17-38)23-14-26-50(56)59(51-27-15-29-53(61)57(51)62)48-24-10-7-20-44(48)45-21-8-11-25-49(45)59;/h4-34,37H,1-3H3;/q-3;. The zero-order valence-corrected chi connectivity index (χ0v) is 38.3. The molecule has 4 heterocycles. The van der Waals surface area contributed by atoms with Gasteiger partial charge in [0.15, 0.2) is 0 Å². The Balaban J connectivity index is 0.00000444. The first kappa shape index (κ1) is 39.4. The summed E-state index contributed by atoms with van der Waals surface area (Å²) in [6.45, 7) is 8.93. The molecule has 0 radical (unpaired) electrons. The van der Waals surface area contributed by atoms with Crippen LogP contribution >= 0.6 is 0 Å². The van der Waals surface area contributed by atoms with Gasteiger partial charge in [-0.2, -0.15) is 12.1 Å². The van der Waals surface area contributed by atoms with Crippen molar-refractivity contribution in [3.8, 4) is 39.6 Å². The molecule has 0 bridgehead atoms. The van der Waals surface area contributed by atoms with Crippen molar-refractivity contribution in [3.63, 3.8) is 0 Å². The summed E-state index contributed by atoms with van der Waals surface area (Å²) in [6, 6.07) is 72.7. The van der Waals surface area contributed by atoms with Crippen LogP contribution in [0.3, 0.4) is 0 Å². The van der Waals surface area contributed by atoms with E-state index in [2.05, 4.69) is 218 Å². The monoisotopic (exact) mass is 1020 g/mol. The molecule has 3 aliphatic rings. The van der Waals surface area contributed by atoms with Crippen molar-refractivity contribution in [2.24, 2.45) is 0 Å². The van der Waals surface area contributed by atoms with Crippen molar-refractivity contribution in [1.82, 2.24) is 9.55 Å². The average Bonchev–Trinajstić information content (AvgIpc) is 3.98. The SMILES string of the molecule is CC(C)(C)c1ccnc(-n2c3[c-]c(Oc4[c-]c(N5[CH-]N6c7c(-c8ccccc8)cccc7C7(c8ccccc8-c8ccccc87)c7cccc5c76)ccc4)ccc3c3ccccc32)c1.[Pt]. The van der Waals surface area contributed by atoms with Gasteiger partial charge >= 0.3 is 0 Å². The van der Waals surface area contributed by atoms with Crippen LogP contribution in [0.25, 0.3) is 49.9 Å². The Morgan fingerprint density at radius 1 is 0.554 bits per heavy atom. The molecular formula is C59H41N4OPt-3. The average molecular weight is 1020 g/mol. The number of anilines is 4. The number of aromatic nitrogens is 2. The topological polar surface area (TPSA) is 33.5 Å². The van der Waals surface area contributed by atoms with Crippen LogP contribution in [0.2, 0.25) is 0 Å². The van der Waals surface area contributed by atoms with E-state index in [1.54, 1.807) is 0 Å². The van der Waals surface area contributed by atoms with Crippen LogP contribution in [0, 0.1) is 18.8 Å². The van der Waals surface area contributed by atoms with E-state index < -0.39 is 5.41 Å². The number of ether oxygens (including phenoxy) is 1. The van der Waals surface area contributed by atoms with E-state index in [0.717, 1.165) is 39.0 Å². The van der Waals surface area contributed by atoms with Crippen molar-refractivity contribution in [2.45, 2.75) is 31.6 Å². The minimum absolute atomic E-state index is 0. The van der Waals surface area contributed by atoms with Crippen LogP contribution in [0.15, 0.2) is 188 Å². The number of rotatable bonds is 5. The van der Waals surface area contributed by atoms with Crippen molar-refractivity contribution >= 4 is 44.6 Å². The Hall–Kier alpha value is -7.20. The van der Waals surface area contributed by atoms with Gasteiger partial charge in [0.05, 0.1) is 5.41 Å². The number of hydrogen-bond acceptors (Lipinski definition) is 4. The molecule has 8 aromatic carbocycles. The van der Waals surface area contributed by atoms with Gasteiger partial charge in [-0.3, -0.25) is 0 Å². The molecule has 0 saturated heterocycles. The minimum Gasteiger partial charge on any atom is -0.509 e. The van der Waals surface area contributed by atoms with E-state index in [9.17, 15) is 0 Å². The molecule has 65 heavy (non-hydrogen) atoms. The molecule has 0 unspecified atom stereocenters. The molecule has 1 spiro atoms. The van der Waals surface area contributed by atoms with Gasteiger partial charge in [-0.15, -0.1) is 48.1 Å². The van der Waals surface area contributed by atoms with Gasteiger partial charge in [-0.05, 0) is 79.6 Å². The Bertz CT molecular complexity index is 3490. The molecule has 0 N–H and O–H groups in total. The third kappa shape index (κ3) is 5.71. The van der Waals surface area contributed by atoms with Crippen LogP contribution < -0.4 is 14.5 Å². The molecule has 2 aromatic heterocycles. The van der Waals surface area contributed by atoms with Crippen LogP contribution in [0.4, 0.5) is 22.7 Å². The van der Waals surface area contributed by atoms with E-state index in [0.29, 0.717) is 11.5 Å². The molecule has 2 aliphatic heterocycles. The quantitative estimate of drug-likeness (QED) is 0.161.